The largest absolute Gasteiger partial charge is 0.376 e. The van der Waals surface area contributed by atoms with Crippen LogP contribution in [0.25, 0.3) is 0 Å². The number of rotatable bonds is 7. The first-order valence-electron chi connectivity index (χ1n) is 7.63. The summed E-state index contributed by atoms with van der Waals surface area (Å²) < 4.78 is 11.3. The van der Waals surface area contributed by atoms with Gasteiger partial charge in [0.25, 0.3) is 0 Å². The lowest BCUT2D eigenvalue weighted by Crippen LogP contribution is -2.20. The van der Waals surface area contributed by atoms with Crippen molar-refractivity contribution in [2.24, 2.45) is 0 Å². The number of ether oxygens (including phenoxy) is 2. The molecule has 0 aliphatic carbocycles. The van der Waals surface area contributed by atoms with Crippen molar-refractivity contribution in [1.82, 2.24) is 9.97 Å². The van der Waals surface area contributed by atoms with E-state index in [1.54, 1.807) is 0 Å². The predicted octanol–water partition coefficient (Wildman–Crippen LogP) is 2.86. The fourth-order valence-corrected chi connectivity index (χ4v) is 2.46. The molecule has 2 heterocycles. The van der Waals surface area contributed by atoms with Gasteiger partial charge in [0.1, 0.15) is 11.9 Å². The summed E-state index contributed by atoms with van der Waals surface area (Å²) in [5.41, 5.74) is 2.21. The molecule has 1 unspecified atom stereocenters. The molecule has 0 bridgehead atoms. The molecule has 0 saturated heterocycles. The van der Waals surface area contributed by atoms with Crippen molar-refractivity contribution >= 4 is 5.82 Å². The Morgan fingerprint density at radius 1 is 1.30 bits per heavy atom. The highest BCUT2D eigenvalue weighted by Crippen LogP contribution is 2.27. The lowest BCUT2D eigenvalue weighted by molar-refractivity contribution is 0.0485. The summed E-state index contributed by atoms with van der Waals surface area (Å²) in [6.45, 7) is 9.11. The van der Waals surface area contributed by atoms with E-state index in [1.165, 1.54) is 0 Å². The minimum atomic E-state index is -0.00412. The van der Waals surface area contributed by atoms with Crippen molar-refractivity contribution in [2.45, 2.75) is 52.7 Å². The molecular weight excluding hydrogens is 254 g/mol. The molecule has 0 aromatic carbocycles. The maximum absolute atomic E-state index is 5.81. The number of aromatic nitrogens is 2. The zero-order valence-electron chi connectivity index (χ0n) is 12.7. The summed E-state index contributed by atoms with van der Waals surface area (Å²) in [6.07, 6.45) is 2.86. The van der Waals surface area contributed by atoms with Crippen LogP contribution in [-0.4, -0.2) is 29.7 Å². The number of nitrogens with one attached hydrogen (secondary N) is 1. The zero-order chi connectivity index (χ0) is 14.4. The van der Waals surface area contributed by atoms with Crippen LogP contribution in [0, 0.1) is 0 Å². The van der Waals surface area contributed by atoms with Gasteiger partial charge in [0.05, 0.1) is 18.9 Å². The van der Waals surface area contributed by atoms with Gasteiger partial charge in [-0.25, -0.2) is 9.97 Å². The molecule has 0 spiro atoms. The van der Waals surface area contributed by atoms with Crippen LogP contribution in [-0.2, 0) is 22.5 Å². The fraction of sp³-hybridized carbons (Fsp3) is 0.733. The molecule has 112 valence electrons. The summed E-state index contributed by atoms with van der Waals surface area (Å²) in [4.78, 5) is 9.42. The van der Waals surface area contributed by atoms with E-state index in [4.69, 9.17) is 14.5 Å². The number of hydrogen-bond donors (Lipinski definition) is 1. The second-order valence-corrected chi connectivity index (χ2v) is 4.92. The minimum absolute atomic E-state index is 0.00412. The van der Waals surface area contributed by atoms with E-state index in [9.17, 15) is 0 Å². The molecule has 20 heavy (non-hydrogen) atoms. The number of hydrogen-bond acceptors (Lipinski definition) is 5. The van der Waals surface area contributed by atoms with E-state index in [1.807, 2.05) is 6.92 Å². The Hall–Kier alpha value is -1.20. The molecule has 1 aliphatic heterocycles. The second kappa shape index (κ2) is 7.55. The smallest absolute Gasteiger partial charge is 0.159 e. The van der Waals surface area contributed by atoms with E-state index >= 15 is 0 Å². The minimum Gasteiger partial charge on any atom is -0.376 e. The third-order valence-corrected chi connectivity index (χ3v) is 3.39. The van der Waals surface area contributed by atoms with Crippen LogP contribution in [0.15, 0.2) is 0 Å². The quantitative estimate of drug-likeness (QED) is 0.831. The molecule has 5 nitrogen and oxygen atoms in total. The van der Waals surface area contributed by atoms with Crippen LogP contribution in [0.2, 0.25) is 0 Å². The van der Waals surface area contributed by atoms with E-state index < -0.39 is 0 Å². The summed E-state index contributed by atoms with van der Waals surface area (Å²) in [5, 5.41) is 3.33. The molecule has 5 heteroatoms. The fourth-order valence-electron chi connectivity index (χ4n) is 2.46. The van der Waals surface area contributed by atoms with Crippen molar-refractivity contribution < 1.29 is 9.47 Å². The molecule has 2 rings (SSSR count). The Morgan fingerprint density at radius 2 is 2.15 bits per heavy atom. The van der Waals surface area contributed by atoms with Gasteiger partial charge >= 0.3 is 0 Å². The first kappa shape index (κ1) is 15.2. The Labute approximate surface area is 121 Å². The molecule has 0 radical (unpaired) electrons. The van der Waals surface area contributed by atoms with Gasteiger partial charge in [0.2, 0.25) is 0 Å². The van der Waals surface area contributed by atoms with Crippen molar-refractivity contribution in [1.29, 1.82) is 0 Å². The van der Waals surface area contributed by atoms with Crippen LogP contribution >= 0.6 is 0 Å². The Morgan fingerprint density at radius 3 is 2.85 bits per heavy atom. The molecule has 1 aliphatic rings. The van der Waals surface area contributed by atoms with Gasteiger partial charge < -0.3 is 14.8 Å². The number of anilines is 1. The predicted molar refractivity (Wildman–Crippen MR) is 78.8 cm³/mol. The van der Waals surface area contributed by atoms with Gasteiger partial charge in [0.15, 0.2) is 5.82 Å². The normalized spacial score (nSPS) is 15.8. The molecule has 1 aromatic heterocycles. The maximum Gasteiger partial charge on any atom is 0.159 e. The number of fused-ring (bicyclic) bond motifs is 1. The molecule has 0 saturated carbocycles. The van der Waals surface area contributed by atoms with Crippen LogP contribution in [0.5, 0.6) is 0 Å². The Bertz CT molecular complexity index is 431. The van der Waals surface area contributed by atoms with Gasteiger partial charge in [-0.3, -0.25) is 0 Å². The van der Waals surface area contributed by atoms with Crippen LogP contribution in [0.3, 0.4) is 0 Å². The summed E-state index contributed by atoms with van der Waals surface area (Å²) in [5.74, 6) is 1.72. The van der Waals surface area contributed by atoms with Gasteiger partial charge in [0, 0.05) is 25.1 Å². The molecule has 1 N–H and O–H groups in total. The van der Waals surface area contributed by atoms with Crippen LogP contribution in [0.4, 0.5) is 5.82 Å². The monoisotopic (exact) mass is 279 g/mol. The van der Waals surface area contributed by atoms with Gasteiger partial charge in [-0.2, -0.15) is 0 Å². The SMILES string of the molecule is CCCC(OCC)c1nc2c(c(NCC)n1)COCC2. The summed E-state index contributed by atoms with van der Waals surface area (Å²) >= 11 is 0. The van der Waals surface area contributed by atoms with Gasteiger partial charge in [-0.15, -0.1) is 0 Å². The van der Waals surface area contributed by atoms with E-state index in [0.717, 1.165) is 55.3 Å². The first-order valence-corrected chi connectivity index (χ1v) is 7.63. The standard InChI is InChI=1S/C15H25N3O2/c1-4-7-13(20-6-3)15-17-12-8-9-19-10-11(12)14(18-15)16-5-2/h13H,4-10H2,1-3H3,(H,16,17,18). The number of nitrogens with zero attached hydrogens (tertiary/aromatic N) is 2. The summed E-state index contributed by atoms with van der Waals surface area (Å²) in [7, 11) is 0. The lowest BCUT2D eigenvalue weighted by atomic mass is 10.1. The van der Waals surface area contributed by atoms with Crippen molar-refractivity contribution in [3.63, 3.8) is 0 Å². The lowest BCUT2D eigenvalue weighted by Gasteiger charge is -2.22. The van der Waals surface area contributed by atoms with Crippen LogP contribution < -0.4 is 5.32 Å². The Kier molecular flexibility index (Phi) is 5.73. The zero-order valence-corrected chi connectivity index (χ0v) is 12.7. The second-order valence-electron chi connectivity index (χ2n) is 4.92. The average Bonchev–Trinajstić information content (AvgIpc) is 2.47. The van der Waals surface area contributed by atoms with Crippen molar-refractivity contribution in [2.75, 3.05) is 25.1 Å². The highest BCUT2D eigenvalue weighted by molar-refractivity contribution is 5.47. The topological polar surface area (TPSA) is 56.3 Å². The van der Waals surface area contributed by atoms with Crippen LogP contribution in [0.1, 0.15) is 56.8 Å². The molecule has 0 amide bonds. The maximum atomic E-state index is 5.81. The third-order valence-electron chi connectivity index (χ3n) is 3.39. The average molecular weight is 279 g/mol. The highest BCUT2D eigenvalue weighted by atomic mass is 16.5. The van der Waals surface area contributed by atoms with Gasteiger partial charge in [-0.1, -0.05) is 13.3 Å². The first-order chi connectivity index (χ1) is 9.80. The summed E-state index contributed by atoms with van der Waals surface area (Å²) in [6, 6.07) is 0. The molecule has 0 fully saturated rings. The molecule has 1 atom stereocenters. The highest BCUT2D eigenvalue weighted by Gasteiger charge is 2.22. The van der Waals surface area contributed by atoms with Gasteiger partial charge in [-0.05, 0) is 20.3 Å². The van der Waals surface area contributed by atoms with E-state index in [0.29, 0.717) is 13.2 Å². The van der Waals surface area contributed by atoms with E-state index in [-0.39, 0.29) is 6.10 Å². The molecule has 1 aromatic rings. The third kappa shape index (κ3) is 3.46. The van der Waals surface area contributed by atoms with Crippen molar-refractivity contribution in [3.05, 3.63) is 17.1 Å². The molecular formula is C15H25N3O2. The Balaban J connectivity index is 2.34. The van der Waals surface area contributed by atoms with Crippen molar-refractivity contribution in [3.8, 4) is 0 Å². The van der Waals surface area contributed by atoms with E-state index in [2.05, 4.69) is 24.1 Å².